The molecule has 2 N–H and O–H groups in total. The number of guanidine groups is 1. The minimum atomic E-state index is -3.36. The third-order valence-electron chi connectivity index (χ3n) is 4.53. The van der Waals surface area contributed by atoms with Gasteiger partial charge in [0.05, 0.1) is 17.2 Å². The number of nitrogens with zero attached hydrogens (tertiary/aromatic N) is 3. The van der Waals surface area contributed by atoms with Gasteiger partial charge in [0.1, 0.15) is 5.82 Å². The molecule has 6 nitrogen and oxygen atoms in total. The third kappa shape index (κ3) is 5.81. The van der Waals surface area contributed by atoms with Crippen molar-refractivity contribution in [3.05, 3.63) is 60.4 Å². The van der Waals surface area contributed by atoms with Crippen molar-refractivity contribution in [1.29, 1.82) is 0 Å². The normalized spacial score (nSPS) is 15.2. The maximum Gasteiger partial charge on any atom is 0.191 e. The van der Waals surface area contributed by atoms with Gasteiger partial charge in [0.25, 0.3) is 0 Å². The number of rotatable bonds is 5. The zero-order valence-electron chi connectivity index (χ0n) is 15.4. The maximum atomic E-state index is 13.0. The van der Waals surface area contributed by atoms with E-state index in [1.165, 1.54) is 12.1 Å². The Morgan fingerprint density at radius 2 is 1.61 bits per heavy atom. The smallest absolute Gasteiger partial charge is 0.191 e. The number of sulfone groups is 1. The van der Waals surface area contributed by atoms with E-state index in [0.717, 1.165) is 18.8 Å². The first-order valence-corrected chi connectivity index (χ1v) is 10.4. The summed E-state index contributed by atoms with van der Waals surface area (Å²) in [7, 11) is -3.36. The predicted molar refractivity (Wildman–Crippen MR) is 121 cm³/mol. The van der Waals surface area contributed by atoms with Gasteiger partial charge in [0.15, 0.2) is 15.8 Å². The fourth-order valence-electron chi connectivity index (χ4n) is 2.97. The molecule has 28 heavy (non-hydrogen) atoms. The third-order valence-corrected chi connectivity index (χ3v) is 6.24. The van der Waals surface area contributed by atoms with Gasteiger partial charge in [-0.15, -0.1) is 24.0 Å². The van der Waals surface area contributed by atoms with Gasteiger partial charge < -0.3 is 15.5 Å². The van der Waals surface area contributed by atoms with Crippen molar-refractivity contribution in [3.8, 4) is 0 Å². The van der Waals surface area contributed by atoms with Gasteiger partial charge >= 0.3 is 0 Å². The summed E-state index contributed by atoms with van der Waals surface area (Å²) in [5.41, 5.74) is 7.01. The molecule has 0 bridgehead atoms. The van der Waals surface area contributed by atoms with Crippen LogP contribution in [0.1, 0.15) is 0 Å². The fraction of sp³-hybridized carbons (Fsp3) is 0.316. The number of hydrogen-bond donors (Lipinski definition) is 1. The van der Waals surface area contributed by atoms with Crippen molar-refractivity contribution < 1.29 is 12.8 Å². The van der Waals surface area contributed by atoms with Gasteiger partial charge in [0, 0.05) is 31.9 Å². The number of halogens is 2. The van der Waals surface area contributed by atoms with Crippen molar-refractivity contribution >= 4 is 45.5 Å². The van der Waals surface area contributed by atoms with Crippen LogP contribution in [0, 0.1) is 5.82 Å². The Kier molecular flexibility index (Phi) is 8.05. The second-order valence-corrected chi connectivity index (χ2v) is 8.43. The summed E-state index contributed by atoms with van der Waals surface area (Å²) in [5.74, 6) is 0.0315. The number of anilines is 1. The van der Waals surface area contributed by atoms with Crippen molar-refractivity contribution in [3.63, 3.8) is 0 Å². The van der Waals surface area contributed by atoms with E-state index in [4.69, 9.17) is 5.73 Å². The van der Waals surface area contributed by atoms with Crippen LogP contribution < -0.4 is 10.6 Å². The highest BCUT2D eigenvalue weighted by molar-refractivity contribution is 14.0. The Labute approximate surface area is 182 Å². The first kappa shape index (κ1) is 22.4. The van der Waals surface area contributed by atoms with Crippen LogP contribution in [0.5, 0.6) is 0 Å². The van der Waals surface area contributed by atoms with E-state index in [1.807, 2.05) is 4.90 Å². The van der Waals surface area contributed by atoms with E-state index in [9.17, 15) is 12.8 Å². The summed E-state index contributed by atoms with van der Waals surface area (Å²) in [6.45, 7) is 2.96. The summed E-state index contributed by atoms with van der Waals surface area (Å²) < 4.78 is 37.5. The predicted octanol–water partition coefficient (Wildman–Crippen LogP) is 2.35. The molecule has 2 aromatic rings. The lowest BCUT2D eigenvalue weighted by molar-refractivity contribution is 0.381. The van der Waals surface area contributed by atoms with Crippen LogP contribution in [0.15, 0.2) is 64.5 Å². The molecule has 1 fully saturated rings. The van der Waals surface area contributed by atoms with Crippen LogP contribution >= 0.6 is 24.0 Å². The van der Waals surface area contributed by atoms with Gasteiger partial charge in [-0.1, -0.05) is 18.2 Å². The molecule has 0 aromatic heterocycles. The molecule has 1 aliphatic rings. The van der Waals surface area contributed by atoms with Crippen LogP contribution in [0.3, 0.4) is 0 Å². The number of piperazine rings is 1. The Balaban J connectivity index is 0.00000280. The maximum absolute atomic E-state index is 13.0. The average Bonchev–Trinajstić information content (AvgIpc) is 2.69. The second-order valence-electron chi connectivity index (χ2n) is 6.32. The van der Waals surface area contributed by atoms with E-state index in [0.29, 0.717) is 23.9 Å². The minimum absolute atomic E-state index is 0. The molecule has 0 unspecified atom stereocenters. The zero-order chi connectivity index (χ0) is 19.3. The molecule has 2 aromatic carbocycles. The fourth-order valence-corrected chi connectivity index (χ4v) is 4.11. The molecule has 9 heteroatoms. The van der Waals surface area contributed by atoms with Crippen LogP contribution in [0.4, 0.5) is 10.1 Å². The van der Waals surface area contributed by atoms with Gasteiger partial charge in [-0.25, -0.2) is 12.8 Å². The standard InChI is InChI=1S/C19H23FN4O2S.HI/c20-16-6-8-17(9-7-16)23-11-13-24(14-12-23)19(21)22-10-15-27(25,26)18-4-2-1-3-5-18;/h1-9H,10-15H2,(H2,21,22);1H. The second kappa shape index (κ2) is 10.1. The molecular formula is C19H24FIN4O2S. The largest absolute Gasteiger partial charge is 0.370 e. The summed E-state index contributed by atoms with van der Waals surface area (Å²) in [5, 5.41) is 0. The van der Waals surface area contributed by atoms with Gasteiger partial charge in [0.2, 0.25) is 0 Å². The van der Waals surface area contributed by atoms with Crippen molar-refractivity contribution in [2.45, 2.75) is 4.90 Å². The van der Waals surface area contributed by atoms with Crippen LogP contribution in [-0.2, 0) is 9.84 Å². The molecule has 1 saturated heterocycles. The number of nitrogens with two attached hydrogens (primary N) is 1. The molecule has 0 radical (unpaired) electrons. The minimum Gasteiger partial charge on any atom is -0.370 e. The molecule has 1 heterocycles. The van der Waals surface area contributed by atoms with Gasteiger partial charge in [-0.05, 0) is 36.4 Å². The highest BCUT2D eigenvalue weighted by atomic mass is 127. The van der Waals surface area contributed by atoms with Crippen molar-refractivity contribution in [2.24, 2.45) is 10.7 Å². The molecule has 0 aliphatic carbocycles. The molecule has 0 saturated carbocycles. The quantitative estimate of drug-likeness (QED) is 0.374. The SMILES string of the molecule is I.NC(=NCCS(=O)(=O)c1ccccc1)N1CCN(c2ccc(F)cc2)CC1. The molecule has 0 amide bonds. The first-order valence-electron chi connectivity index (χ1n) is 8.79. The van der Waals surface area contributed by atoms with Crippen LogP contribution in [0.2, 0.25) is 0 Å². The Bertz CT molecular complexity index is 884. The lowest BCUT2D eigenvalue weighted by Gasteiger charge is -2.36. The monoisotopic (exact) mass is 518 g/mol. The molecule has 0 spiro atoms. The Morgan fingerprint density at radius 1 is 1.00 bits per heavy atom. The summed E-state index contributed by atoms with van der Waals surface area (Å²) in [4.78, 5) is 8.63. The van der Waals surface area contributed by atoms with E-state index < -0.39 is 9.84 Å². The number of benzene rings is 2. The molecule has 0 atom stereocenters. The molecule has 3 rings (SSSR count). The Hall–Kier alpha value is -1.88. The zero-order valence-corrected chi connectivity index (χ0v) is 18.5. The van der Waals surface area contributed by atoms with E-state index in [1.54, 1.807) is 42.5 Å². The summed E-state index contributed by atoms with van der Waals surface area (Å²) >= 11 is 0. The highest BCUT2D eigenvalue weighted by Crippen LogP contribution is 2.17. The lowest BCUT2D eigenvalue weighted by atomic mass is 10.2. The molecule has 1 aliphatic heterocycles. The summed E-state index contributed by atoms with van der Waals surface area (Å²) in [6, 6.07) is 14.8. The van der Waals surface area contributed by atoms with E-state index in [2.05, 4.69) is 9.89 Å². The van der Waals surface area contributed by atoms with E-state index in [-0.39, 0.29) is 42.1 Å². The number of aliphatic imine (C=N–C) groups is 1. The van der Waals surface area contributed by atoms with Crippen molar-refractivity contribution in [1.82, 2.24) is 4.90 Å². The number of hydrogen-bond acceptors (Lipinski definition) is 4. The van der Waals surface area contributed by atoms with Gasteiger partial charge in [-0.2, -0.15) is 0 Å². The summed E-state index contributed by atoms with van der Waals surface area (Å²) in [6.07, 6.45) is 0. The lowest BCUT2D eigenvalue weighted by Crippen LogP contribution is -2.51. The molecule has 152 valence electrons. The average molecular weight is 518 g/mol. The van der Waals surface area contributed by atoms with Crippen LogP contribution in [0.25, 0.3) is 0 Å². The van der Waals surface area contributed by atoms with Crippen LogP contribution in [-0.4, -0.2) is 57.8 Å². The highest BCUT2D eigenvalue weighted by Gasteiger charge is 2.19. The topological polar surface area (TPSA) is 79.0 Å². The van der Waals surface area contributed by atoms with Gasteiger partial charge in [-0.3, -0.25) is 4.99 Å². The first-order chi connectivity index (χ1) is 13.0. The molecular weight excluding hydrogens is 494 g/mol. The Morgan fingerprint density at radius 3 is 2.21 bits per heavy atom. The van der Waals surface area contributed by atoms with Crippen molar-refractivity contribution in [2.75, 3.05) is 43.4 Å². The van der Waals surface area contributed by atoms with E-state index >= 15 is 0 Å².